The van der Waals surface area contributed by atoms with Crippen molar-refractivity contribution in [2.45, 2.75) is 44.6 Å². The van der Waals surface area contributed by atoms with E-state index in [1.54, 1.807) is 0 Å². The van der Waals surface area contributed by atoms with Gasteiger partial charge in [-0.1, -0.05) is 0 Å². The van der Waals surface area contributed by atoms with Crippen molar-refractivity contribution in [3.8, 4) is 5.75 Å². The number of amides is 2. The van der Waals surface area contributed by atoms with Crippen molar-refractivity contribution >= 4 is 29.9 Å². The Bertz CT molecular complexity index is 603. The predicted octanol–water partition coefficient (Wildman–Crippen LogP) is 2.02. The van der Waals surface area contributed by atoms with E-state index in [9.17, 15) is 9.59 Å². The number of fused-ring (bicyclic) bond motifs is 1. The van der Waals surface area contributed by atoms with E-state index in [4.69, 9.17) is 4.74 Å². The van der Waals surface area contributed by atoms with E-state index in [0.29, 0.717) is 31.9 Å². The highest BCUT2D eigenvalue weighted by molar-refractivity contribution is 5.94. The maximum Gasteiger partial charge on any atom is 0.224 e. The van der Waals surface area contributed by atoms with E-state index in [-0.39, 0.29) is 24.2 Å². The number of hydrogen-bond donors (Lipinski definition) is 3. The van der Waals surface area contributed by atoms with Gasteiger partial charge in [0.05, 0.1) is 6.61 Å². The Kier molecular flexibility index (Phi) is 7.52. The Morgan fingerprint density at radius 3 is 3.00 bits per heavy atom. The molecule has 1 fully saturated rings. The molecule has 2 aliphatic heterocycles. The smallest absolute Gasteiger partial charge is 0.224 e. The van der Waals surface area contributed by atoms with Gasteiger partial charge in [0.2, 0.25) is 11.8 Å². The first-order chi connectivity index (χ1) is 11.7. The molecule has 1 unspecified atom stereocenters. The molecule has 7 heteroatoms. The molecule has 6 nitrogen and oxygen atoms in total. The van der Waals surface area contributed by atoms with Gasteiger partial charge < -0.3 is 20.7 Å². The highest BCUT2D eigenvalue weighted by atomic mass is 35.5. The molecule has 2 heterocycles. The summed E-state index contributed by atoms with van der Waals surface area (Å²) in [6.07, 6.45) is 4.77. The Morgan fingerprint density at radius 2 is 2.20 bits per heavy atom. The summed E-state index contributed by atoms with van der Waals surface area (Å²) in [4.78, 5) is 23.1. The normalized spacial score (nSPS) is 18.7. The summed E-state index contributed by atoms with van der Waals surface area (Å²) in [6.45, 7) is 2.29. The van der Waals surface area contributed by atoms with Crippen LogP contribution >= 0.6 is 12.4 Å². The molecule has 1 atom stereocenters. The van der Waals surface area contributed by atoms with Crippen molar-refractivity contribution in [2.24, 2.45) is 0 Å². The van der Waals surface area contributed by atoms with Gasteiger partial charge in [-0.05, 0) is 56.0 Å². The van der Waals surface area contributed by atoms with Gasteiger partial charge in [-0.2, -0.15) is 0 Å². The fourth-order valence-electron chi connectivity index (χ4n) is 3.13. The average Bonchev–Trinajstić information content (AvgIpc) is 3.10. The number of carbonyl (C=O) groups is 2. The summed E-state index contributed by atoms with van der Waals surface area (Å²) >= 11 is 0. The van der Waals surface area contributed by atoms with Crippen LogP contribution in [0.3, 0.4) is 0 Å². The molecule has 0 bridgehead atoms. The number of hydrogen-bond acceptors (Lipinski definition) is 4. The van der Waals surface area contributed by atoms with Gasteiger partial charge in [0.25, 0.3) is 0 Å². The van der Waals surface area contributed by atoms with Crippen LogP contribution in [0.15, 0.2) is 18.2 Å². The third-order valence-corrected chi connectivity index (χ3v) is 4.50. The highest BCUT2D eigenvalue weighted by Crippen LogP contribution is 2.26. The van der Waals surface area contributed by atoms with Crippen molar-refractivity contribution in [1.29, 1.82) is 0 Å². The first kappa shape index (κ1) is 19.5. The maximum absolute atomic E-state index is 11.8. The van der Waals surface area contributed by atoms with E-state index in [2.05, 4.69) is 16.0 Å². The lowest BCUT2D eigenvalue weighted by molar-refractivity contribution is -0.121. The minimum Gasteiger partial charge on any atom is -0.494 e. The zero-order valence-electron chi connectivity index (χ0n) is 14.3. The molecule has 138 valence electrons. The molecule has 2 aliphatic rings. The molecular weight excluding hydrogens is 342 g/mol. The lowest BCUT2D eigenvalue weighted by Gasteiger charge is -2.17. The van der Waals surface area contributed by atoms with Crippen LogP contribution in [-0.4, -0.2) is 37.6 Å². The number of rotatable bonds is 7. The van der Waals surface area contributed by atoms with Crippen molar-refractivity contribution < 1.29 is 14.3 Å². The summed E-state index contributed by atoms with van der Waals surface area (Å²) in [5.41, 5.74) is 1.98. The SMILES string of the molecule is Cl.O=C(CCCOc1ccc2c(c1)CCC(=O)N2)NCC1CCCN1. The summed E-state index contributed by atoms with van der Waals surface area (Å²) < 4.78 is 5.72. The van der Waals surface area contributed by atoms with Crippen LogP contribution in [0.25, 0.3) is 0 Å². The van der Waals surface area contributed by atoms with Crippen molar-refractivity contribution in [2.75, 3.05) is 25.0 Å². The Balaban J connectivity index is 0.00000225. The molecule has 3 N–H and O–H groups in total. The number of carbonyl (C=O) groups excluding carboxylic acids is 2. The number of aryl methyl sites for hydroxylation is 1. The van der Waals surface area contributed by atoms with Crippen LogP contribution in [0, 0.1) is 0 Å². The van der Waals surface area contributed by atoms with Gasteiger partial charge in [0, 0.05) is 31.1 Å². The van der Waals surface area contributed by atoms with Crippen molar-refractivity contribution in [1.82, 2.24) is 10.6 Å². The summed E-state index contributed by atoms with van der Waals surface area (Å²) in [7, 11) is 0. The van der Waals surface area contributed by atoms with Crippen LogP contribution in [0.5, 0.6) is 5.75 Å². The zero-order chi connectivity index (χ0) is 16.8. The van der Waals surface area contributed by atoms with Crippen LogP contribution in [0.2, 0.25) is 0 Å². The number of benzene rings is 1. The summed E-state index contributed by atoms with van der Waals surface area (Å²) in [5.74, 6) is 0.941. The molecule has 0 radical (unpaired) electrons. The van der Waals surface area contributed by atoms with Crippen molar-refractivity contribution in [3.05, 3.63) is 23.8 Å². The van der Waals surface area contributed by atoms with Gasteiger partial charge in [-0.25, -0.2) is 0 Å². The van der Waals surface area contributed by atoms with Gasteiger partial charge in [-0.3, -0.25) is 9.59 Å². The molecule has 0 saturated carbocycles. The number of anilines is 1. The summed E-state index contributed by atoms with van der Waals surface area (Å²) in [6, 6.07) is 6.14. The third-order valence-electron chi connectivity index (χ3n) is 4.50. The van der Waals surface area contributed by atoms with E-state index in [1.807, 2.05) is 18.2 Å². The molecule has 2 amide bonds. The Morgan fingerprint density at radius 1 is 1.32 bits per heavy atom. The van der Waals surface area contributed by atoms with Crippen molar-refractivity contribution in [3.63, 3.8) is 0 Å². The monoisotopic (exact) mass is 367 g/mol. The second-order valence-corrected chi connectivity index (χ2v) is 6.42. The number of ether oxygens (including phenoxy) is 1. The third kappa shape index (κ3) is 5.90. The van der Waals surface area contributed by atoms with E-state index < -0.39 is 0 Å². The Hall–Kier alpha value is -1.79. The average molecular weight is 368 g/mol. The molecule has 0 aromatic heterocycles. The lowest BCUT2D eigenvalue weighted by atomic mass is 10.0. The topological polar surface area (TPSA) is 79.5 Å². The molecule has 0 aliphatic carbocycles. The highest BCUT2D eigenvalue weighted by Gasteiger charge is 2.16. The van der Waals surface area contributed by atoms with Gasteiger partial charge in [0.1, 0.15) is 5.75 Å². The summed E-state index contributed by atoms with van der Waals surface area (Å²) in [5, 5.41) is 9.19. The van der Waals surface area contributed by atoms with Gasteiger partial charge in [-0.15, -0.1) is 12.4 Å². The first-order valence-corrected chi connectivity index (χ1v) is 8.76. The minimum absolute atomic E-state index is 0. The van der Waals surface area contributed by atoms with Crippen LogP contribution in [0.1, 0.15) is 37.7 Å². The van der Waals surface area contributed by atoms with E-state index >= 15 is 0 Å². The molecule has 25 heavy (non-hydrogen) atoms. The van der Waals surface area contributed by atoms with Crippen LogP contribution in [-0.2, 0) is 16.0 Å². The van der Waals surface area contributed by atoms with Gasteiger partial charge in [0.15, 0.2) is 0 Å². The molecule has 1 aromatic carbocycles. The van der Waals surface area contributed by atoms with E-state index in [1.165, 1.54) is 6.42 Å². The second kappa shape index (κ2) is 9.63. The standard InChI is InChI=1S/C18H25N3O3.ClH/c22-17(20-12-14-3-1-9-19-14)4-2-10-24-15-6-7-16-13(11-15)5-8-18(23)21-16;/h6-7,11,14,19H,1-5,8-10,12H2,(H,20,22)(H,21,23);1H. The zero-order valence-corrected chi connectivity index (χ0v) is 15.1. The number of nitrogens with one attached hydrogen (secondary N) is 3. The van der Waals surface area contributed by atoms with E-state index in [0.717, 1.165) is 42.9 Å². The molecule has 1 aromatic rings. The molecule has 3 rings (SSSR count). The van der Waals surface area contributed by atoms with Gasteiger partial charge >= 0.3 is 0 Å². The Labute approximate surface area is 154 Å². The number of halogens is 1. The lowest BCUT2D eigenvalue weighted by Crippen LogP contribution is -2.37. The second-order valence-electron chi connectivity index (χ2n) is 6.42. The fourth-order valence-corrected chi connectivity index (χ4v) is 3.13. The fraction of sp³-hybridized carbons (Fsp3) is 0.556. The predicted molar refractivity (Wildman–Crippen MR) is 99.4 cm³/mol. The maximum atomic E-state index is 11.8. The first-order valence-electron chi connectivity index (χ1n) is 8.76. The molecular formula is C18H26ClN3O3. The van der Waals surface area contributed by atoms with Crippen LogP contribution in [0.4, 0.5) is 5.69 Å². The van der Waals surface area contributed by atoms with Crippen LogP contribution < -0.4 is 20.7 Å². The quantitative estimate of drug-likeness (QED) is 0.644. The molecule has 0 spiro atoms. The molecule has 1 saturated heterocycles. The minimum atomic E-state index is 0. The largest absolute Gasteiger partial charge is 0.494 e.